The van der Waals surface area contributed by atoms with Crippen molar-refractivity contribution >= 4 is 11.0 Å². The van der Waals surface area contributed by atoms with Gasteiger partial charge in [-0.15, -0.1) is 0 Å². The molecule has 0 fully saturated rings. The molecule has 0 radical (unpaired) electrons. The number of fused-ring (bicyclic) bond motifs is 1. The third kappa shape index (κ3) is 1.51. The van der Waals surface area contributed by atoms with Crippen LogP contribution >= 0.6 is 0 Å². The van der Waals surface area contributed by atoms with Crippen LogP contribution in [0, 0.1) is 0 Å². The number of hydrogen-bond acceptors (Lipinski definition) is 2. The monoisotopic (exact) mass is 189 g/mol. The van der Waals surface area contributed by atoms with Gasteiger partial charge in [0.05, 0.1) is 0 Å². The predicted octanol–water partition coefficient (Wildman–Crippen LogP) is 1.34. The third-order valence-corrected chi connectivity index (χ3v) is 2.46. The Hall–Kier alpha value is -1.35. The summed E-state index contributed by atoms with van der Waals surface area (Å²) >= 11 is 0. The van der Waals surface area contributed by atoms with Crippen LogP contribution in [-0.2, 0) is 13.5 Å². The minimum atomic E-state index is 1.01. The average molecular weight is 189 g/mol. The number of aryl methyl sites for hydroxylation is 1. The van der Waals surface area contributed by atoms with Crippen molar-refractivity contribution in [2.75, 3.05) is 13.6 Å². The van der Waals surface area contributed by atoms with E-state index in [1.807, 2.05) is 26.4 Å². The van der Waals surface area contributed by atoms with Crippen LogP contribution in [0.4, 0.5) is 0 Å². The highest BCUT2D eigenvalue weighted by Crippen LogP contribution is 2.18. The van der Waals surface area contributed by atoms with Crippen LogP contribution in [-0.4, -0.2) is 23.1 Å². The second-order valence-electron chi connectivity index (χ2n) is 3.49. The Labute approximate surface area is 83.8 Å². The van der Waals surface area contributed by atoms with E-state index in [2.05, 4.69) is 27.1 Å². The summed E-state index contributed by atoms with van der Waals surface area (Å²) in [4.78, 5) is 4.35. The lowest BCUT2D eigenvalue weighted by Crippen LogP contribution is -2.09. The van der Waals surface area contributed by atoms with Gasteiger partial charge in [-0.25, -0.2) is 4.98 Å². The van der Waals surface area contributed by atoms with E-state index in [4.69, 9.17) is 0 Å². The Morgan fingerprint density at radius 3 is 3.14 bits per heavy atom. The first-order chi connectivity index (χ1) is 6.83. The maximum absolute atomic E-state index is 4.35. The summed E-state index contributed by atoms with van der Waals surface area (Å²) in [5, 5.41) is 4.43. The maximum Gasteiger partial charge on any atom is 0.139 e. The standard InChI is InChI=1S/C11H15N3/c1-12-7-5-9-8-14(2)11-10(9)4-3-6-13-11/h3-4,6,8,12H,5,7H2,1-2H3. The number of hydrogen-bond donors (Lipinski definition) is 1. The summed E-state index contributed by atoms with van der Waals surface area (Å²) in [6.45, 7) is 1.01. The molecule has 14 heavy (non-hydrogen) atoms. The highest BCUT2D eigenvalue weighted by Gasteiger charge is 2.05. The highest BCUT2D eigenvalue weighted by molar-refractivity contribution is 5.80. The van der Waals surface area contributed by atoms with Crippen molar-refractivity contribution in [2.24, 2.45) is 7.05 Å². The summed E-state index contributed by atoms with van der Waals surface area (Å²) in [5.41, 5.74) is 2.43. The molecule has 0 atom stereocenters. The first-order valence-electron chi connectivity index (χ1n) is 4.86. The molecule has 0 aliphatic rings. The molecule has 0 aromatic carbocycles. The van der Waals surface area contributed by atoms with Gasteiger partial charge < -0.3 is 9.88 Å². The molecule has 74 valence electrons. The Bertz CT molecular complexity index is 431. The predicted molar refractivity (Wildman–Crippen MR) is 58.3 cm³/mol. The first-order valence-corrected chi connectivity index (χ1v) is 4.86. The SMILES string of the molecule is CNCCc1cn(C)c2ncccc12. The van der Waals surface area contributed by atoms with E-state index in [0.29, 0.717) is 0 Å². The van der Waals surface area contributed by atoms with Gasteiger partial charge in [0.2, 0.25) is 0 Å². The summed E-state index contributed by atoms with van der Waals surface area (Å²) in [5.74, 6) is 0. The minimum absolute atomic E-state index is 1.01. The van der Waals surface area contributed by atoms with E-state index >= 15 is 0 Å². The van der Waals surface area contributed by atoms with E-state index in [1.54, 1.807) is 0 Å². The number of nitrogens with zero attached hydrogens (tertiary/aromatic N) is 2. The maximum atomic E-state index is 4.35. The van der Waals surface area contributed by atoms with E-state index in [-0.39, 0.29) is 0 Å². The van der Waals surface area contributed by atoms with Gasteiger partial charge in [0, 0.05) is 24.8 Å². The fourth-order valence-electron chi connectivity index (χ4n) is 1.75. The molecular weight excluding hydrogens is 174 g/mol. The van der Waals surface area contributed by atoms with Crippen LogP contribution in [0.2, 0.25) is 0 Å². The molecule has 3 heteroatoms. The van der Waals surface area contributed by atoms with Crippen molar-refractivity contribution < 1.29 is 0 Å². The molecule has 2 heterocycles. The van der Waals surface area contributed by atoms with Crippen molar-refractivity contribution in [3.8, 4) is 0 Å². The Balaban J connectivity index is 2.44. The molecule has 3 nitrogen and oxygen atoms in total. The van der Waals surface area contributed by atoms with Gasteiger partial charge in [0.15, 0.2) is 0 Å². The Morgan fingerprint density at radius 2 is 2.36 bits per heavy atom. The molecule has 1 N–H and O–H groups in total. The van der Waals surface area contributed by atoms with Crippen LogP contribution in [0.5, 0.6) is 0 Å². The van der Waals surface area contributed by atoms with E-state index in [0.717, 1.165) is 18.6 Å². The molecule has 0 saturated carbocycles. The zero-order chi connectivity index (χ0) is 9.97. The zero-order valence-corrected chi connectivity index (χ0v) is 8.62. The van der Waals surface area contributed by atoms with Crippen molar-refractivity contribution in [3.63, 3.8) is 0 Å². The lowest BCUT2D eigenvalue weighted by atomic mass is 10.1. The second kappa shape index (κ2) is 3.80. The smallest absolute Gasteiger partial charge is 0.139 e. The first kappa shape index (κ1) is 9.21. The summed E-state index contributed by atoms with van der Waals surface area (Å²) in [6.07, 6.45) is 5.05. The number of nitrogens with one attached hydrogen (secondary N) is 1. The van der Waals surface area contributed by atoms with Gasteiger partial charge in [-0.1, -0.05) is 0 Å². The molecule has 0 unspecified atom stereocenters. The summed E-state index contributed by atoms with van der Waals surface area (Å²) in [6, 6.07) is 4.12. The molecule has 0 aliphatic heterocycles. The molecule has 0 bridgehead atoms. The molecule has 0 saturated heterocycles. The number of aromatic nitrogens is 2. The molecule has 0 aliphatic carbocycles. The molecule has 0 amide bonds. The van der Waals surface area contributed by atoms with Crippen LogP contribution < -0.4 is 5.32 Å². The number of pyridine rings is 1. The molecule has 2 rings (SSSR count). The lowest BCUT2D eigenvalue weighted by Gasteiger charge is -1.96. The minimum Gasteiger partial charge on any atom is -0.335 e. The van der Waals surface area contributed by atoms with Crippen LogP contribution in [0.3, 0.4) is 0 Å². The third-order valence-electron chi connectivity index (χ3n) is 2.46. The number of rotatable bonds is 3. The van der Waals surface area contributed by atoms with E-state index < -0.39 is 0 Å². The van der Waals surface area contributed by atoms with E-state index in [1.165, 1.54) is 10.9 Å². The van der Waals surface area contributed by atoms with E-state index in [9.17, 15) is 0 Å². The van der Waals surface area contributed by atoms with Crippen molar-refractivity contribution in [2.45, 2.75) is 6.42 Å². The zero-order valence-electron chi connectivity index (χ0n) is 8.62. The highest BCUT2D eigenvalue weighted by atomic mass is 15.0. The second-order valence-corrected chi connectivity index (χ2v) is 3.49. The van der Waals surface area contributed by atoms with Gasteiger partial charge in [-0.2, -0.15) is 0 Å². The van der Waals surface area contributed by atoms with Gasteiger partial charge in [0.25, 0.3) is 0 Å². The number of likely N-dealkylation sites (N-methyl/N-ethyl adjacent to an activating group) is 1. The van der Waals surface area contributed by atoms with Crippen LogP contribution in [0.1, 0.15) is 5.56 Å². The fraction of sp³-hybridized carbons (Fsp3) is 0.364. The van der Waals surface area contributed by atoms with Crippen molar-refractivity contribution in [3.05, 3.63) is 30.1 Å². The van der Waals surface area contributed by atoms with Crippen molar-refractivity contribution in [1.82, 2.24) is 14.9 Å². The quantitative estimate of drug-likeness (QED) is 0.789. The molecule has 2 aromatic rings. The lowest BCUT2D eigenvalue weighted by molar-refractivity contribution is 0.791. The average Bonchev–Trinajstić information content (AvgIpc) is 2.54. The fourth-order valence-corrected chi connectivity index (χ4v) is 1.75. The van der Waals surface area contributed by atoms with Gasteiger partial charge in [-0.05, 0) is 37.7 Å². The van der Waals surface area contributed by atoms with Crippen molar-refractivity contribution in [1.29, 1.82) is 0 Å². The van der Waals surface area contributed by atoms with Gasteiger partial charge in [-0.3, -0.25) is 0 Å². The normalized spacial score (nSPS) is 11.0. The topological polar surface area (TPSA) is 29.9 Å². The Morgan fingerprint density at radius 1 is 1.50 bits per heavy atom. The van der Waals surface area contributed by atoms with Gasteiger partial charge >= 0.3 is 0 Å². The molecule has 0 spiro atoms. The van der Waals surface area contributed by atoms with Crippen LogP contribution in [0.15, 0.2) is 24.5 Å². The van der Waals surface area contributed by atoms with Gasteiger partial charge in [0.1, 0.15) is 5.65 Å². The Kier molecular flexibility index (Phi) is 2.50. The summed E-state index contributed by atoms with van der Waals surface area (Å²) in [7, 11) is 4.02. The molecular formula is C11H15N3. The molecule has 2 aromatic heterocycles. The van der Waals surface area contributed by atoms with Crippen LogP contribution in [0.25, 0.3) is 11.0 Å². The largest absolute Gasteiger partial charge is 0.335 e. The summed E-state index contributed by atoms with van der Waals surface area (Å²) < 4.78 is 2.08.